The van der Waals surface area contributed by atoms with Gasteiger partial charge in [-0.1, -0.05) is 0 Å². The third-order valence-electron chi connectivity index (χ3n) is 25.9. The number of carbonyl (C=O) groups excluding carboxylic acids is 4. The number of hydrogen-bond acceptors (Lipinski definition) is 28. The smallest absolute Gasteiger partial charge is 0.419 e. The fourth-order valence-corrected chi connectivity index (χ4v) is 20.2. The number of nitrogens with one attached hydrogen (secondary N) is 3. The lowest BCUT2D eigenvalue weighted by Crippen LogP contribution is -2.41. The molecule has 0 radical (unpaired) electrons. The maximum Gasteiger partial charge on any atom is 0.419 e. The van der Waals surface area contributed by atoms with Crippen LogP contribution >= 0.6 is 35.0 Å². The van der Waals surface area contributed by atoms with E-state index in [1.54, 1.807) is 80.0 Å². The number of alkyl halides is 9. The Hall–Kier alpha value is -12.2. The lowest BCUT2D eigenvalue weighted by molar-refractivity contribution is -0.138. The first-order valence-corrected chi connectivity index (χ1v) is 48.3. The average Bonchev–Trinajstić information content (AvgIpc) is 1.71. The summed E-state index contributed by atoms with van der Waals surface area (Å²) >= 11 is 2.24. The zero-order valence-electron chi connectivity index (χ0n) is 82.3. The second-order valence-electron chi connectivity index (χ2n) is 34.1. The van der Waals surface area contributed by atoms with Gasteiger partial charge in [-0.2, -0.15) is 39.5 Å². The summed E-state index contributed by atoms with van der Waals surface area (Å²) in [6.45, 7) is 21.6. The van der Waals surface area contributed by atoms with Gasteiger partial charge in [0.1, 0.15) is 39.4 Å². The van der Waals surface area contributed by atoms with Crippen molar-refractivity contribution in [2.24, 2.45) is 5.73 Å². The van der Waals surface area contributed by atoms with Crippen molar-refractivity contribution in [3.8, 4) is 11.5 Å². The molecule has 0 bridgehead atoms. The highest BCUT2D eigenvalue weighted by atomic mass is 127. The molecule has 17 rings (SSSR count). The molecule has 12 heterocycles. The van der Waals surface area contributed by atoms with E-state index >= 15 is 0 Å². The normalized spacial score (nSPS) is 15.1. The van der Waals surface area contributed by atoms with Crippen molar-refractivity contribution in [3.05, 3.63) is 201 Å². The maximum atomic E-state index is 14.6. The molecule has 0 aliphatic carbocycles. The van der Waals surface area contributed by atoms with E-state index in [1.807, 2.05) is 24.3 Å². The third-order valence-corrected chi connectivity index (χ3v) is 27.0. The molecule has 7 aromatic heterocycles. The van der Waals surface area contributed by atoms with Gasteiger partial charge in [0, 0.05) is 210 Å². The summed E-state index contributed by atoms with van der Waals surface area (Å²) in [6, 6.07) is 21.3. The number of pyridine rings is 2. The Morgan fingerprint density at radius 1 is 0.414 bits per heavy atom. The molecule has 5 saturated heterocycles. The fourth-order valence-electron chi connectivity index (χ4n) is 19.2. The Morgan fingerprint density at radius 3 is 1.06 bits per heavy atom. The molecule has 5 aromatic carbocycles. The van der Waals surface area contributed by atoms with Crippen LogP contribution in [0.2, 0.25) is 0 Å². The predicted octanol–water partition coefficient (Wildman–Crippen LogP) is 20.4. The maximum absolute atomic E-state index is 14.6. The zero-order chi connectivity index (χ0) is 104. The van der Waals surface area contributed by atoms with E-state index in [0.717, 1.165) is 104 Å². The number of halogens is 11. The number of H-pyrrole nitrogens is 2. The van der Waals surface area contributed by atoms with Crippen molar-refractivity contribution >= 4 is 148 Å². The first-order chi connectivity index (χ1) is 69.0. The molecule has 5 fully saturated rings. The average molecular weight is 2170 g/mol. The Kier molecular flexibility index (Phi) is 40.0. The number of carboxylic acid groups (broad SMARTS) is 1. The summed E-state index contributed by atoms with van der Waals surface area (Å²) in [5.41, 5.74) is 6.44. The van der Waals surface area contributed by atoms with E-state index in [4.69, 9.17) is 70.5 Å². The van der Waals surface area contributed by atoms with Crippen molar-refractivity contribution in [1.29, 1.82) is 0 Å². The highest BCUT2D eigenvalue weighted by molar-refractivity contribution is 14.1. The number of amides is 1. The number of aryl methyl sites for hydroxylation is 2. The van der Waals surface area contributed by atoms with Gasteiger partial charge in [-0.15, -0.1) is 12.4 Å². The van der Waals surface area contributed by atoms with Gasteiger partial charge in [0.05, 0.1) is 155 Å². The Bertz CT molecular complexity index is 6540. The fraction of sp³-hybridized carbons (Fsp3) is 0.461. The van der Waals surface area contributed by atoms with Crippen molar-refractivity contribution in [3.63, 3.8) is 0 Å². The molecular formula is C102H120ClF9IN9O23. The van der Waals surface area contributed by atoms with Crippen LogP contribution in [0.25, 0.3) is 54.8 Å². The summed E-state index contributed by atoms with van der Waals surface area (Å²) in [6.07, 6.45) is 0.126. The Morgan fingerprint density at radius 2 is 0.710 bits per heavy atom. The number of anilines is 5. The van der Waals surface area contributed by atoms with Crippen molar-refractivity contribution in [1.82, 2.24) is 15.3 Å². The van der Waals surface area contributed by atoms with Gasteiger partial charge in [-0.3, -0.25) is 14.4 Å². The lowest BCUT2D eigenvalue weighted by Gasteiger charge is -2.37. The molecule has 5 aliphatic rings. The number of aromatic nitrogens is 2. The summed E-state index contributed by atoms with van der Waals surface area (Å²) in [7, 11) is 6.77. The van der Waals surface area contributed by atoms with E-state index in [2.05, 4.69) is 66.3 Å². The van der Waals surface area contributed by atoms with Gasteiger partial charge in [-0.25, -0.2) is 19.2 Å². The first-order valence-electron chi connectivity index (χ1n) is 47.2. The number of aromatic amines is 2. The van der Waals surface area contributed by atoms with Crippen molar-refractivity contribution in [2.75, 3.05) is 159 Å². The number of methoxy groups -OCH3 is 5. The second-order valence-corrected chi connectivity index (χ2v) is 35.2. The second kappa shape index (κ2) is 51.2. The number of carbonyl (C=O) groups is 5. The number of rotatable bonds is 25. The van der Waals surface area contributed by atoms with Gasteiger partial charge in [0.25, 0.3) is 17.0 Å². The van der Waals surface area contributed by atoms with Crippen molar-refractivity contribution in [2.45, 2.75) is 175 Å². The number of aromatic carboxylic acids is 1. The molecule has 0 atom stereocenters. The zero-order valence-corrected chi connectivity index (χ0v) is 85.3. The predicted molar refractivity (Wildman–Crippen MR) is 537 cm³/mol. The van der Waals surface area contributed by atoms with Gasteiger partial charge < -0.3 is 120 Å². The van der Waals surface area contributed by atoms with Crippen LogP contribution in [0.3, 0.4) is 0 Å². The van der Waals surface area contributed by atoms with E-state index in [1.165, 1.54) is 83.6 Å². The molecule has 788 valence electrons. The highest BCUT2D eigenvalue weighted by Gasteiger charge is 2.46. The molecule has 145 heavy (non-hydrogen) atoms. The monoisotopic (exact) mass is 2170 g/mol. The summed E-state index contributed by atoms with van der Waals surface area (Å²) in [5, 5.41) is 13.6. The SMILES string of the molecule is CCN(c1cc(C(=O)OC)c2ccoc2c1)C1CCOCC1.CCN(c1cc2occc2c(C(=O)NCc2c(OC)cc(C)[nH]c2=O)c1C(F)(F)F)C1CCOCC1.CCN(c1cc2occc2c(C(=O)O)c1C(F)(F)F)C1CCOCC1.CCN(c1cc2occc2c(C(=O)OC)c1C(F)(F)F)C1CCOCC1.CCN(c1cc2occc2c(C(=O)OC)c1I)C1CCOCC1.COc1cc(C)[nH]c(=O)c1CN.Cl. The molecular weight excluding hydrogens is 2050 g/mol. The lowest BCUT2D eigenvalue weighted by atomic mass is 9.96. The minimum Gasteiger partial charge on any atom is -0.496 e. The molecule has 0 spiro atoms. The summed E-state index contributed by atoms with van der Waals surface area (Å²) in [4.78, 5) is 100. The minimum absolute atomic E-state index is 0. The van der Waals surface area contributed by atoms with E-state index in [-0.39, 0.29) is 122 Å². The molecule has 1 amide bonds. The van der Waals surface area contributed by atoms with Crippen molar-refractivity contribution < 1.29 is 138 Å². The van der Waals surface area contributed by atoms with Crippen LogP contribution in [-0.2, 0) is 69.5 Å². The molecule has 0 unspecified atom stereocenters. The van der Waals surface area contributed by atoms with Gasteiger partial charge in [0.2, 0.25) is 0 Å². The summed E-state index contributed by atoms with van der Waals surface area (Å²) < 4.78 is 207. The molecule has 12 aromatic rings. The van der Waals surface area contributed by atoms with Crippen LogP contribution in [0.1, 0.15) is 190 Å². The Labute approximate surface area is 848 Å². The highest BCUT2D eigenvalue weighted by Crippen LogP contribution is 2.49. The largest absolute Gasteiger partial charge is 0.496 e. The first kappa shape index (κ1) is 113. The number of esters is 3. The quantitative estimate of drug-likeness (QED) is 0.0153. The minimum atomic E-state index is -4.83. The number of benzene rings is 5. The van der Waals surface area contributed by atoms with Gasteiger partial charge in [0.15, 0.2) is 0 Å². The van der Waals surface area contributed by atoms with E-state index < -0.39 is 75.3 Å². The van der Waals surface area contributed by atoms with Crippen LogP contribution in [0, 0.1) is 17.4 Å². The van der Waals surface area contributed by atoms with Gasteiger partial charge in [-0.05, 0) is 184 Å². The number of nitrogens with two attached hydrogens (primary N) is 1. The molecule has 32 nitrogen and oxygen atoms in total. The number of fused-ring (bicyclic) bond motifs is 5. The van der Waals surface area contributed by atoms with Crippen LogP contribution in [0.5, 0.6) is 11.5 Å². The van der Waals surface area contributed by atoms with E-state index in [0.29, 0.717) is 149 Å². The molecule has 5 aliphatic heterocycles. The molecule has 6 N–H and O–H groups in total. The van der Waals surface area contributed by atoms with E-state index in [9.17, 15) is 78.2 Å². The molecule has 0 saturated carbocycles. The number of hydrogen-bond donors (Lipinski definition) is 5. The number of nitrogens with zero attached hydrogens (tertiary/aromatic N) is 5. The number of ether oxygens (including phenoxy) is 10. The molecule has 43 heteroatoms. The Balaban J connectivity index is 0.000000169. The third kappa shape index (κ3) is 26.3. The van der Waals surface area contributed by atoms with Crippen LogP contribution in [0.15, 0.2) is 142 Å². The topological polar surface area (TPSA) is 384 Å². The standard InChI is InChI=1S/C25H28F3N3O5.C18H20F3NO4.C17H18F3NO4.C17H20INO4.C17H21NO4.C8H12N2O2.ClH/c1-4-31(15-5-8-35-9-6-15)18-12-20-16(7-10-36-20)21(22(18)25(26,27)28)24(33)29-13-17-19(34-3)11-14(2)30-23(17)32;1-3-22(11-4-7-25-8-5-11)13-10-14-12(6-9-26-14)15(17(23)24-2)16(13)18(19,20)21;1-2-21(10-3-6-24-7-4-10)12-9-13-11(5-8-25-13)14(16(22)23)15(12)17(18,19)20;1-3-19(11-4-7-22-8-5-11)13-10-14-12(6-9-23-14)15(16(13)18)17(20)21-2;1-3-18(12-4-7-21-8-5-12)13-10-15(17(19)20-2)14-6-9-22-16(14)11-13;1-5-3-7(12-2)6(4-9)8(11)10-5;/h7,10-12,15H,4-6,8-9,13H2,1-3H3,(H,29,33)(H,30,32);6,9-11H,3-5,7-8H2,1-2H3;5,8-10H,2-4,6-7H2,1H3,(H,22,23);6,9-11H,3-5,7-8H2,1-2H3;6,9-12H,3-5,7-8H2,1-2H3;3H,4,9H2,1-2H3,(H,10,11);1H. The van der Waals surface area contributed by atoms with Crippen LogP contribution < -0.4 is 56.1 Å². The van der Waals surface area contributed by atoms with Crippen LogP contribution in [-0.4, -0.2) is 209 Å². The van der Waals surface area contributed by atoms with Crippen LogP contribution in [0.4, 0.5) is 68.0 Å². The number of carboxylic acids is 1. The number of furan rings is 5. The summed E-state index contributed by atoms with van der Waals surface area (Å²) in [5.74, 6) is -3.51. The van der Waals surface area contributed by atoms with Gasteiger partial charge >= 0.3 is 42.4 Å².